The van der Waals surface area contributed by atoms with Gasteiger partial charge >= 0.3 is 0 Å². The molecule has 0 aliphatic heterocycles. The topological polar surface area (TPSA) is 64.7 Å². The van der Waals surface area contributed by atoms with E-state index in [4.69, 9.17) is 15.2 Å². The number of aliphatic hydroxyl groups excluding tert-OH is 1. The zero-order valence-electron chi connectivity index (χ0n) is 10.1. The van der Waals surface area contributed by atoms with Crippen molar-refractivity contribution in [1.82, 2.24) is 0 Å². The molecular weight excluding hydrogens is 218 g/mol. The minimum absolute atomic E-state index is 0.195. The molecule has 17 heavy (non-hydrogen) atoms. The average molecular weight is 237 g/mol. The third kappa shape index (κ3) is 5.94. The summed E-state index contributed by atoms with van der Waals surface area (Å²) < 4.78 is 10.6. The molecule has 0 spiro atoms. The number of nitrogens with two attached hydrogens (primary N) is 1. The Morgan fingerprint density at radius 2 is 2.00 bits per heavy atom. The summed E-state index contributed by atoms with van der Waals surface area (Å²) in [5, 5.41) is 9.57. The second-order valence-corrected chi connectivity index (χ2v) is 4.01. The Balaban J connectivity index is 2.21. The Kier molecular flexibility index (Phi) is 5.52. The third-order valence-electron chi connectivity index (χ3n) is 1.98. The second-order valence-electron chi connectivity index (χ2n) is 4.01. The molecule has 0 aliphatic carbocycles. The molecule has 1 rings (SSSR count). The molecule has 0 heterocycles. The Hall–Kier alpha value is -1.52. The first-order valence-corrected chi connectivity index (χ1v) is 5.46. The van der Waals surface area contributed by atoms with Gasteiger partial charge in [-0.05, 0) is 31.2 Å². The number of rotatable bonds is 7. The van der Waals surface area contributed by atoms with Gasteiger partial charge in [-0.1, -0.05) is 12.2 Å². The smallest absolute Gasteiger partial charge is 0.119 e. The van der Waals surface area contributed by atoms with Gasteiger partial charge < -0.3 is 20.3 Å². The minimum atomic E-state index is -0.646. The second kappa shape index (κ2) is 6.93. The normalized spacial score (nSPS) is 12.1. The van der Waals surface area contributed by atoms with Crippen LogP contribution >= 0.6 is 0 Å². The summed E-state index contributed by atoms with van der Waals surface area (Å²) in [6.45, 7) is 6.47. The molecule has 1 aromatic rings. The van der Waals surface area contributed by atoms with Crippen molar-refractivity contribution >= 4 is 5.69 Å². The highest BCUT2D eigenvalue weighted by atomic mass is 16.5. The van der Waals surface area contributed by atoms with E-state index >= 15 is 0 Å². The highest BCUT2D eigenvalue weighted by Crippen LogP contribution is 2.13. The molecule has 0 radical (unpaired) electrons. The van der Waals surface area contributed by atoms with Crippen molar-refractivity contribution in [2.45, 2.75) is 13.0 Å². The summed E-state index contributed by atoms with van der Waals surface area (Å²) in [6.07, 6.45) is -0.646. The number of ether oxygens (including phenoxy) is 2. The van der Waals surface area contributed by atoms with Crippen LogP contribution in [0.4, 0.5) is 5.69 Å². The number of benzene rings is 1. The monoisotopic (exact) mass is 237 g/mol. The number of nitrogen functional groups attached to an aromatic ring is 1. The molecule has 94 valence electrons. The molecule has 4 heteroatoms. The summed E-state index contributed by atoms with van der Waals surface area (Å²) in [5.41, 5.74) is 7.15. The Morgan fingerprint density at radius 1 is 1.35 bits per heavy atom. The standard InChI is InChI=1S/C13H19NO3/c1-10(2)7-16-8-12(15)9-17-13-5-3-11(14)4-6-13/h3-6,12,15H,1,7-9,14H2,2H3. The molecular formula is C13H19NO3. The molecule has 1 aromatic carbocycles. The first-order chi connectivity index (χ1) is 8.08. The van der Waals surface area contributed by atoms with Crippen molar-refractivity contribution in [3.05, 3.63) is 36.4 Å². The molecule has 0 bridgehead atoms. The van der Waals surface area contributed by atoms with Gasteiger partial charge in [0.05, 0.1) is 13.2 Å². The van der Waals surface area contributed by atoms with Crippen LogP contribution in [0.3, 0.4) is 0 Å². The van der Waals surface area contributed by atoms with Crippen LogP contribution in [-0.2, 0) is 4.74 Å². The van der Waals surface area contributed by atoms with Crippen LogP contribution in [0.1, 0.15) is 6.92 Å². The lowest BCUT2D eigenvalue weighted by Crippen LogP contribution is -2.23. The minimum Gasteiger partial charge on any atom is -0.491 e. The van der Waals surface area contributed by atoms with Gasteiger partial charge in [-0.3, -0.25) is 0 Å². The van der Waals surface area contributed by atoms with E-state index < -0.39 is 6.10 Å². The SMILES string of the molecule is C=C(C)COCC(O)COc1ccc(N)cc1. The van der Waals surface area contributed by atoms with E-state index in [1.165, 1.54) is 0 Å². The van der Waals surface area contributed by atoms with Gasteiger partial charge in [-0.15, -0.1) is 0 Å². The fourth-order valence-electron chi connectivity index (χ4n) is 1.17. The van der Waals surface area contributed by atoms with Crippen LogP contribution in [-0.4, -0.2) is 31.0 Å². The molecule has 0 aromatic heterocycles. The van der Waals surface area contributed by atoms with Gasteiger partial charge in [0.2, 0.25) is 0 Å². The fraction of sp³-hybridized carbons (Fsp3) is 0.385. The molecule has 0 saturated carbocycles. The largest absolute Gasteiger partial charge is 0.491 e. The highest BCUT2D eigenvalue weighted by molar-refractivity contribution is 5.41. The van der Waals surface area contributed by atoms with Gasteiger partial charge in [0.15, 0.2) is 0 Å². The number of anilines is 1. The quantitative estimate of drug-likeness (QED) is 0.558. The van der Waals surface area contributed by atoms with Gasteiger partial charge in [-0.2, -0.15) is 0 Å². The van der Waals surface area contributed by atoms with E-state index in [1.807, 2.05) is 6.92 Å². The Morgan fingerprint density at radius 3 is 2.59 bits per heavy atom. The summed E-state index contributed by atoms with van der Waals surface area (Å²) in [4.78, 5) is 0. The molecule has 4 nitrogen and oxygen atoms in total. The van der Waals surface area contributed by atoms with Crippen LogP contribution in [0.25, 0.3) is 0 Å². The van der Waals surface area contributed by atoms with Gasteiger partial charge in [-0.25, -0.2) is 0 Å². The van der Waals surface area contributed by atoms with Crippen LogP contribution in [0.5, 0.6) is 5.75 Å². The predicted octanol–water partition coefficient (Wildman–Crippen LogP) is 1.60. The highest BCUT2D eigenvalue weighted by Gasteiger charge is 2.05. The van der Waals surface area contributed by atoms with Crippen LogP contribution in [0.2, 0.25) is 0 Å². The maximum atomic E-state index is 9.57. The van der Waals surface area contributed by atoms with E-state index in [9.17, 15) is 5.11 Å². The summed E-state index contributed by atoms with van der Waals surface area (Å²) >= 11 is 0. The van der Waals surface area contributed by atoms with Crippen molar-refractivity contribution in [2.75, 3.05) is 25.6 Å². The maximum absolute atomic E-state index is 9.57. The molecule has 0 fully saturated rings. The number of hydrogen-bond donors (Lipinski definition) is 2. The number of hydrogen-bond acceptors (Lipinski definition) is 4. The lowest BCUT2D eigenvalue weighted by atomic mass is 10.3. The first-order valence-electron chi connectivity index (χ1n) is 5.46. The van der Waals surface area contributed by atoms with E-state index in [-0.39, 0.29) is 13.2 Å². The van der Waals surface area contributed by atoms with E-state index in [2.05, 4.69) is 6.58 Å². The van der Waals surface area contributed by atoms with Crippen LogP contribution < -0.4 is 10.5 Å². The van der Waals surface area contributed by atoms with E-state index in [1.54, 1.807) is 24.3 Å². The molecule has 1 unspecified atom stereocenters. The number of aliphatic hydroxyl groups is 1. The third-order valence-corrected chi connectivity index (χ3v) is 1.98. The van der Waals surface area contributed by atoms with Gasteiger partial charge in [0.1, 0.15) is 18.5 Å². The van der Waals surface area contributed by atoms with Gasteiger partial charge in [0, 0.05) is 5.69 Å². The lowest BCUT2D eigenvalue weighted by Gasteiger charge is -2.12. The van der Waals surface area contributed by atoms with Crippen molar-refractivity contribution in [1.29, 1.82) is 0 Å². The molecule has 3 N–H and O–H groups in total. The molecule has 0 saturated heterocycles. The first kappa shape index (κ1) is 13.5. The maximum Gasteiger partial charge on any atom is 0.119 e. The zero-order valence-corrected chi connectivity index (χ0v) is 10.1. The lowest BCUT2D eigenvalue weighted by molar-refractivity contribution is 0.0195. The average Bonchev–Trinajstić information content (AvgIpc) is 2.28. The van der Waals surface area contributed by atoms with Crippen LogP contribution in [0.15, 0.2) is 36.4 Å². The fourth-order valence-corrected chi connectivity index (χ4v) is 1.17. The summed E-state index contributed by atoms with van der Waals surface area (Å²) in [7, 11) is 0. The van der Waals surface area contributed by atoms with E-state index in [0.717, 1.165) is 5.57 Å². The Bertz CT molecular complexity index is 348. The molecule has 0 amide bonds. The summed E-state index contributed by atoms with van der Waals surface area (Å²) in [5.74, 6) is 0.679. The van der Waals surface area contributed by atoms with E-state index in [0.29, 0.717) is 18.0 Å². The predicted molar refractivity (Wildman–Crippen MR) is 68.0 cm³/mol. The zero-order chi connectivity index (χ0) is 12.7. The van der Waals surface area contributed by atoms with Crippen molar-refractivity contribution < 1.29 is 14.6 Å². The van der Waals surface area contributed by atoms with Gasteiger partial charge in [0.25, 0.3) is 0 Å². The van der Waals surface area contributed by atoms with Crippen molar-refractivity contribution in [2.24, 2.45) is 0 Å². The Labute approximate surface area is 102 Å². The van der Waals surface area contributed by atoms with Crippen LogP contribution in [0, 0.1) is 0 Å². The summed E-state index contributed by atoms with van der Waals surface area (Å²) in [6, 6.07) is 7.02. The molecule has 1 atom stereocenters. The van der Waals surface area contributed by atoms with Crippen molar-refractivity contribution in [3.8, 4) is 5.75 Å². The molecule has 0 aliphatic rings. The van der Waals surface area contributed by atoms with Crippen molar-refractivity contribution in [3.63, 3.8) is 0 Å².